The number of rotatable bonds is 5. The summed E-state index contributed by atoms with van der Waals surface area (Å²) in [5.41, 5.74) is 1.23. The maximum Gasteiger partial charge on any atom is 0.230 e. The molecule has 0 saturated carbocycles. The monoisotopic (exact) mass is 369 g/mol. The number of fused-ring (bicyclic) bond motifs is 1. The molecule has 0 spiro atoms. The zero-order chi connectivity index (χ0) is 17.8. The Kier molecular flexibility index (Phi) is 5.53. The fraction of sp³-hybridized carbons (Fsp3) is 0.400. The first kappa shape index (κ1) is 17.5. The van der Waals surface area contributed by atoms with Crippen molar-refractivity contribution < 1.29 is 9.53 Å². The van der Waals surface area contributed by atoms with Gasteiger partial charge in [0, 0.05) is 31.4 Å². The van der Waals surface area contributed by atoms with E-state index in [2.05, 4.69) is 39.5 Å². The van der Waals surface area contributed by atoms with Gasteiger partial charge >= 0.3 is 0 Å². The van der Waals surface area contributed by atoms with Crippen LogP contribution in [0.25, 0.3) is 0 Å². The minimum Gasteiger partial charge on any atom is -0.371 e. The van der Waals surface area contributed by atoms with Gasteiger partial charge in [0.25, 0.3) is 0 Å². The number of hydrogen-bond acceptors (Lipinski definition) is 5. The van der Waals surface area contributed by atoms with Crippen molar-refractivity contribution in [2.75, 3.05) is 25.4 Å². The number of benzene rings is 1. The largest absolute Gasteiger partial charge is 0.371 e. The third kappa shape index (κ3) is 4.26. The van der Waals surface area contributed by atoms with E-state index >= 15 is 0 Å². The summed E-state index contributed by atoms with van der Waals surface area (Å²) in [5.74, 6) is 0.479. The van der Waals surface area contributed by atoms with Crippen molar-refractivity contribution in [1.82, 2.24) is 15.2 Å². The number of nitrogens with zero attached hydrogens (tertiary/aromatic N) is 2. The second kappa shape index (κ2) is 8.20. The molecule has 5 nitrogen and oxygen atoms in total. The number of carbonyl (C=O) groups excluding carboxylic acids is 1. The quantitative estimate of drug-likeness (QED) is 0.821. The van der Waals surface area contributed by atoms with Crippen LogP contribution in [0.1, 0.15) is 18.1 Å². The molecular formula is C20H23N3O2S. The summed E-state index contributed by atoms with van der Waals surface area (Å²) in [6.07, 6.45) is 2.83. The van der Waals surface area contributed by atoms with Crippen molar-refractivity contribution in [1.29, 1.82) is 0 Å². The van der Waals surface area contributed by atoms with Crippen molar-refractivity contribution in [2.24, 2.45) is 0 Å². The van der Waals surface area contributed by atoms with Crippen LogP contribution in [0, 0.1) is 0 Å². The third-order valence-corrected chi connectivity index (χ3v) is 5.89. The molecule has 2 aliphatic heterocycles. The zero-order valence-electron chi connectivity index (χ0n) is 14.6. The van der Waals surface area contributed by atoms with Crippen LogP contribution in [0.3, 0.4) is 0 Å². The van der Waals surface area contributed by atoms with Crippen molar-refractivity contribution in [3.8, 4) is 0 Å². The van der Waals surface area contributed by atoms with Crippen LogP contribution in [0.15, 0.2) is 59.8 Å². The lowest BCUT2D eigenvalue weighted by Crippen LogP contribution is -2.43. The second-order valence-electron chi connectivity index (χ2n) is 6.80. The van der Waals surface area contributed by atoms with Crippen LogP contribution in [0.4, 0.5) is 0 Å². The average Bonchev–Trinajstić information content (AvgIpc) is 3.09. The van der Waals surface area contributed by atoms with Crippen molar-refractivity contribution >= 4 is 17.7 Å². The maximum atomic E-state index is 12.3. The summed E-state index contributed by atoms with van der Waals surface area (Å²) in [6, 6.07) is 16.7. The molecule has 0 aliphatic carbocycles. The minimum atomic E-state index is 0.0750. The van der Waals surface area contributed by atoms with Crippen LogP contribution in [-0.2, 0) is 9.53 Å². The number of nitrogens with one attached hydrogen (secondary N) is 1. The van der Waals surface area contributed by atoms with E-state index in [0.717, 1.165) is 31.1 Å². The summed E-state index contributed by atoms with van der Waals surface area (Å²) in [7, 11) is 0. The number of carbonyl (C=O) groups is 1. The topological polar surface area (TPSA) is 54.5 Å². The molecule has 6 heteroatoms. The van der Waals surface area contributed by atoms with E-state index in [0.29, 0.717) is 11.8 Å². The Morgan fingerprint density at radius 1 is 1.19 bits per heavy atom. The molecule has 136 valence electrons. The van der Waals surface area contributed by atoms with Crippen LogP contribution in [-0.4, -0.2) is 53.3 Å². The van der Waals surface area contributed by atoms with Crippen LogP contribution in [0.2, 0.25) is 0 Å². The van der Waals surface area contributed by atoms with E-state index in [1.54, 1.807) is 6.20 Å². The Balaban J connectivity index is 1.26. The first-order valence-corrected chi connectivity index (χ1v) is 10.0. The minimum absolute atomic E-state index is 0.0750. The maximum absolute atomic E-state index is 12.3. The highest BCUT2D eigenvalue weighted by Gasteiger charge is 2.38. The van der Waals surface area contributed by atoms with Gasteiger partial charge in [-0.25, -0.2) is 4.98 Å². The molecule has 3 atom stereocenters. The first-order valence-electron chi connectivity index (χ1n) is 9.02. The average molecular weight is 369 g/mol. The number of morpholine rings is 1. The van der Waals surface area contributed by atoms with Gasteiger partial charge < -0.3 is 10.1 Å². The van der Waals surface area contributed by atoms with Gasteiger partial charge in [-0.05, 0) is 24.1 Å². The summed E-state index contributed by atoms with van der Waals surface area (Å²) in [6.45, 7) is 2.52. The molecular weight excluding hydrogens is 346 g/mol. The number of hydrogen-bond donors (Lipinski definition) is 1. The molecule has 0 bridgehead atoms. The molecule has 0 unspecified atom stereocenters. The van der Waals surface area contributed by atoms with Gasteiger partial charge in [-0.1, -0.05) is 48.2 Å². The summed E-state index contributed by atoms with van der Waals surface area (Å²) in [4.78, 5) is 18.9. The lowest BCUT2D eigenvalue weighted by molar-refractivity contribution is -0.119. The van der Waals surface area contributed by atoms with E-state index in [-0.39, 0.29) is 18.1 Å². The Bertz CT molecular complexity index is 728. The first-order chi connectivity index (χ1) is 12.8. The molecule has 2 fully saturated rings. The van der Waals surface area contributed by atoms with E-state index in [1.165, 1.54) is 17.3 Å². The molecule has 3 heterocycles. The number of pyridine rings is 1. The number of amides is 1. The van der Waals surface area contributed by atoms with Crippen LogP contribution < -0.4 is 5.32 Å². The predicted molar refractivity (Wildman–Crippen MR) is 102 cm³/mol. The summed E-state index contributed by atoms with van der Waals surface area (Å²) in [5, 5.41) is 4.06. The van der Waals surface area contributed by atoms with Gasteiger partial charge in [-0.2, -0.15) is 0 Å². The smallest absolute Gasteiger partial charge is 0.230 e. The van der Waals surface area contributed by atoms with Gasteiger partial charge in [-0.15, -0.1) is 0 Å². The van der Waals surface area contributed by atoms with Crippen LogP contribution >= 0.6 is 11.8 Å². The lowest BCUT2D eigenvalue weighted by Gasteiger charge is -2.35. The SMILES string of the molecule is O=C(CSc1ccccn1)N[C@H]1C[C@H]2CO[C@@H](c3ccccc3)CN2C1. The number of aromatic nitrogens is 1. The van der Waals surface area contributed by atoms with E-state index in [9.17, 15) is 4.79 Å². The van der Waals surface area contributed by atoms with Crippen LogP contribution in [0.5, 0.6) is 0 Å². The Morgan fingerprint density at radius 2 is 2.04 bits per heavy atom. The second-order valence-corrected chi connectivity index (χ2v) is 7.79. The van der Waals surface area contributed by atoms with E-state index in [1.807, 2.05) is 24.3 Å². The highest BCUT2D eigenvalue weighted by atomic mass is 32.2. The Labute approximate surface area is 158 Å². The lowest BCUT2D eigenvalue weighted by atomic mass is 10.1. The molecule has 1 aromatic carbocycles. The van der Waals surface area contributed by atoms with Gasteiger partial charge in [-0.3, -0.25) is 9.69 Å². The molecule has 2 aromatic rings. The third-order valence-electron chi connectivity index (χ3n) is 4.94. The van der Waals surface area contributed by atoms with Gasteiger partial charge in [0.15, 0.2) is 0 Å². The van der Waals surface area contributed by atoms with Gasteiger partial charge in [0.2, 0.25) is 5.91 Å². The standard InChI is InChI=1S/C20H23N3O2S/c24-19(14-26-20-8-4-5-9-21-20)22-16-10-17-13-25-18(12-23(17)11-16)15-6-2-1-3-7-15/h1-9,16-18H,10-14H2,(H,22,24)/t16-,17-,18+/m0/s1. The normalized spacial score (nSPS) is 25.6. The zero-order valence-corrected chi connectivity index (χ0v) is 15.4. The molecule has 2 saturated heterocycles. The van der Waals surface area contributed by atoms with Crippen molar-refractivity contribution in [3.05, 3.63) is 60.3 Å². The fourth-order valence-electron chi connectivity index (χ4n) is 3.69. The molecule has 0 radical (unpaired) electrons. The molecule has 2 aliphatic rings. The van der Waals surface area contributed by atoms with Crippen molar-refractivity contribution in [3.63, 3.8) is 0 Å². The fourth-order valence-corrected chi connectivity index (χ4v) is 4.36. The highest BCUT2D eigenvalue weighted by molar-refractivity contribution is 7.99. The molecule has 1 N–H and O–H groups in total. The Hall–Kier alpha value is -1.89. The molecule has 4 rings (SSSR count). The molecule has 26 heavy (non-hydrogen) atoms. The molecule has 1 amide bonds. The predicted octanol–water partition coefficient (Wildman–Crippen LogP) is 2.50. The van der Waals surface area contributed by atoms with E-state index in [4.69, 9.17) is 4.74 Å². The van der Waals surface area contributed by atoms with Crippen molar-refractivity contribution in [2.45, 2.75) is 29.6 Å². The number of ether oxygens (including phenoxy) is 1. The Morgan fingerprint density at radius 3 is 2.85 bits per heavy atom. The summed E-state index contributed by atoms with van der Waals surface area (Å²) >= 11 is 1.47. The molecule has 1 aromatic heterocycles. The summed E-state index contributed by atoms with van der Waals surface area (Å²) < 4.78 is 6.07. The highest BCUT2D eigenvalue weighted by Crippen LogP contribution is 2.30. The van der Waals surface area contributed by atoms with Gasteiger partial charge in [0.1, 0.15) is 0 Å². The van der Waals surface area contributed by atoms with Gasteiger partial charge in [0.05, 0.1) is 23.5 Å². The number of thioether (sulfide) groups is 1. The van der Waals surface area contributed by atoms with E-state index < -0.39 is 0 Å².